The quantitative estimate of drug-likeness (QED) is 0.801. The van der Waals surface area contributed by atoms with Crippen molar-refractivity contribution in [3.05, 3.63) is 23.3 Å². The van der Waals surface area contributed by atoms with Gasteiger partial charge in [0.25, 0.3) is 0 Å². The summed E-state index contributed by atoms with van der Waals surface area (Å²) in [4.78, 5) is 2.33. The second kappa shape index (κ2) is 5.80. The molecule has 126 valence electrons. The fourth-order valence-corrected chi connectivity index (χ4v) is 3.19. The van der Waals surface area contributed by atoms with Crippen LogP contribution in [0.25, 0.3) is 0 Å². The second-order valence-electron chi connectivity index (χ2n) is 7.67. The fraction of sp³-hybridized carbons (Fsp3) is 0.667. The number of ether oxygens (including phenoxy) is 1. The van der Waals surface area contributed by atoms with Crippen molar-refractivity contribution in [1.29, 1.82) is 0 Å². The molecule has 1 aromatic rings. The van der Waals surface area contributed by atoms with Gasteiger partial charge in [0.2, 0.25) is 0 Å². The Labute approximate surface area is 140 Å². The van der Waals surface area contributed by atoms with Gasteiger partial charge in [0.05, 0.1) is 17.8 Å². The van der Waals surface area contributed by atoms with E-state index in [4.69, 9.17) is 14.0 Å². The van der Waals surface area contributed by atoms with Gasteiger partial charge in [-0.15, -0.1) is 0 Å². The topological polar surface area (TPSA) is 30.9 Å². The molecule has 0 aromatic heterocycles. The molecule has 0 atom stereocenters. The molecule has 2 aliphatic heterocycles. The minimum Gasteiger partial charge on any atom is -0.494 e. The highest BCUT2D eigenvalue weighted by molar-refractivity contribution is 6.62. The SMILES string of the molecule is CCOc1cc(B2OC(C)(C)C(C)(C)O2)cc2c1CN(C)CC2. The first-order valence-corrected chi connectivity index (χ1v) is 8.56. The summed E-state index contributed by atoms with van der Waals surface area (Å²) in [5, 5.41) is 0. The molecule has 1 aromatic carbocycles. The van der Waals surface area contributed by atoms with E-state index in [-0.39, 0.29) is 18.3 Å². The van der Waals surface area contributed by atoms with Crippen molar-refractivity contribution in [3.8, 4) is 5.75 Å². The summed E-state index contributed by atoms with van der Waals surface area (Å²) in [7, 11) is 1.82. The van der Waals surface area contributed by atoms with E-state index in [1.165, 1.54) is 11.1 Å². The lowest BCUT2D eigenvalue weighted by Gasteiger charge is -2.32. The highest BCUT2D eigenvalue weighted by atomic mass is 16.7. The molecule has 0 spiro atoms. The molecule has 0 unspecified atom stereocenters. The molecule has 3 rings (SSSR count). The van der Waals surface area contributed by atoms with Crippen LogP contribution in [0, 0.1) is 0 Å². The van der Waals surface area contributed by atoms with Crippen LogP contribution in [0.2, 0.25) is 0 Å². The summed E-state index contributed by atoms with van der Waals surface area (Å²) in [5.74, 6) is 0.973. The normalized spacial score (nSPS) is 23.0. The number of likely N-dealkylation sites (N-methyl/N-ethyl adjacent to an activating group) is 1. The van der Waals surface area contributed by atoms with Gasteiger partial charge in [0, 0.05) is 18.7 Å². The van der Waals surface area contributed by atoms with E-state index < -0.39 is 0 Å². The fourth-order valence-electron chi connectivity index (χ4n) is 3.19. The molecular weight excluding hydrogens is 289 g/mol. The molecule has 5 heteroatoms. The van der Waals surface area contributed by atoms with Crippen molar-refractivity contribution in [1.82, 2.24) is 4.90 Å². The van der Waals surface area contributed by atoms with Crippen LogP contribution >= 0.6 is 0 Å². The monoisotopic (exact) mass is 317 g/mol. The van der Waals surface area contributed by atoms with Gasteiger partial charge in [0.1, 0.15) is 5.75 Å². The largest absolute Gasteiger partial charge is 0.494 e. The van der Waals surface area contributed by atoms with Crippen LogP contribution in [0.5, 0.6) is 5.75 Å². The zero-order valence-electron chi connectivity index (χ0n) is 15.2. The Morgan fingerprint density at radius 2 is 1.83 bits per heavy atom. The molecule has 0 radical (unpaired) electrons. The maximum absolute atomic E-state index is 6.21. The van der Waals surface area contributed by atoms with Crippen LogP contribution in [0.3, 0.4) is 0 Å². The average molecular weight is 317 g/mol. The first kappa shape index (κ1) is 16.8. The van der Waals surface area contributed by atoms with E-state index in [1.54, 1.807) is 0 Å². The van der Waals surface area contributed by atoms with E-state index in [9.17, 15) is 0 Å². The smallest absolute Gasteiger partial charge is 0.494 e. The summed E-state index contributed by atoms with van der Waals surface area (Å²) < 4.78 is 18.3. The lowest BCUT2D eigenvalue weighted by atomic mass is 9.76. The van der Waals surface area contributed by atoms with Gasteiger partial charge < -0.3 is 18.9 Å². The summed E-state index contributed by atoms with van der Waals surface area (Å²) in [6, 6.07) is 4.34. The number of fused-ring (bicyclic) bond motifs is 1. The molecule has 0 amide bonds. The summed E-state index contributed by atoms with van der Waals surface area (Å²) >= 11 is 0. The molecular formula is C18H28BNO3. The van der Waals surface area contributed by atoms with Crippen LogP contribution in [0.15, 0.2) is 12.1 Å². The zero-order valence-corrected chi connectivity index (χ0v) is 15.2. The molecule has 1 saturated heterocycles. The molecule has 2 aliphatic rings. The lowest BCUT2D eigenvalue weighted by Crippen LogP contribution is -2.41. The summed E-state index contributed by atoms with van der Waals surface area (Å²) in [5.41, 5.74) is 3.09. The average Bonchev–Trinajstić information content (AvgIpc) is 2.68. The van der Waals surface area contributed by atoms with Gasteiger partial charge in [0.15, 0.2) is 0 Å². The molecule has 2 heterocycles. The lowest BCUT2D eigenvalue weighted by molar-refractivity contribution is 0.00578. The van der Waals surface area contributed by atoms with Crippen molar-refractivity contribution in [2.45, 2.75) is 58.8 Å². The third-order valence-electron chi connectivity index (χ3n) is 5.34. The van der Waals surface area contributed by atoms with Gasteiger partial charge in [-0.1, -0.05) is 6.07 Å². The minimum absolute atomic E-state index is 0.320. The Bertz CT molecular complexity index is 584. The number of rotatable bonds is 3. The van der Waals surface area contributed by atoms with E-state index in [1.807, 2.05) is 6.92 Å². The number of benzene rings is 1. The van der Waals surface area contributed by atoms with E-state index in [0.29, 0.717) is 6.61 Å². The highest BCUT2D eigenvalue weighted by Gasteiger charge is 2.52. The van der Waals surface area contributed by atoms with Crippen molar-refractivity contribution >= 4 is 12.6 Å². The van der Waals surface area contributed by atoms with Crippen LogP contribution < -0.4 is 10.2 Å². The third-order valence-corrected chi connectivity index (χ3v) is 5.34. The number of nitrogens with zero attached hydrogens (tertiary/aromatic N) is 1. The zero-order chi connectivity index (χ0) is 16.8. The Kier molecular flexibility index (Phi) is 4.24. The molecule has 0 saturated carbocycles. The Hall–Kier alpha value is -1.04. The molecule has 0 aliphatic carbocycles. The van der Waals surface area contributed by atoms with Crippen molar-refractivity contribution in [3.63, 3.8) is 0 Å². The molecule has 0 N–H and O–H groups in total. The number of hydrogen-bond donors (Lipinski definition) is 0. The van der Waals surface area contributed by atoms with Crippen molar-refractivity contribution in [2.24, 2.45) is 0 Å². The molecule has 23 heavy (non-hydrogen) atoms. The predicted molar refractivity (Wildman–Crippen MR) is 93.4 cm³/mol. The van der Waals surface area contributed by atoms with E-state index in [2.05, 4.69) is 51.8 Å². The van der Waals surface area contributed by atoms with Crippen LogP contribution in [-0.4, -0.2) is 43.4 Å². The van der Waals surface area contributed by atoms with E-state index in [0.717, 1.165) is 30.7 Å². The Morgan fingerprint density at radius 1 is 1.17 bits per heavy atom. The standard InChI is InChI=1S/C18H28BNO3/c1-7-21-16-11-14(10-13-8-9-20(6)12-15(13)16)19-22-17(2,3)18(4,5)23-19/h10-11H,7-9,12H2,1-6H3. The second-order valence-corrected chi connectivity index (χ2v) is 7.67. The first-order chi connectivity index (χ1) is 10.7. The van der Waals surface area contributed by atoms with Gasteiger partial charge in [-0.2, -0.15) is 0 Å². The predicted octanol–water partition coefficient (Wildman–Crippen LogP) is 2.37. The summed E-state index contributed by atoms with van der Waals surface area (Å²) in [6.45, 7) is 13.1. The maximum Gasteiger partial charge on any atom is 0.494 e. The van der Waals surface area contributed by atoms with Gasteiger partial charge in [-0.25, -0.2) is 0 Å². The van der Waals surface area contributed by atoms with Crippen LogP contribution in [-0.2, 0) is 22.3 Å². The first-order valence-electron chi connectivity index (χ1n) is 8.56. The van der Waals surface area contributed by atoms with Crippen LogP contribution in [0.1, 0.15) is 45.7 Å². The van der Waals surface area contributed by atoms with Gasteiger partial charge in [-0.05, 0) is 65.2 Å². The molecule has 0 bridgehead atoms. The maximum atomic E-state index is 6.21. The third kappa shape index (κ3) is 3.02. The molecule has 4 nitrogen and oxygen atoms in total. The van der Waals surface area contributed by atoms with Gasteiger partial charge in [-0.3, -0.25) is 0 Å². The van der Waals surface area contributed by atoms with Gasteiger partial charge >= 0.3 is 7.12 Å². The summed E-state index contributed by atoms with van der Waals surface area (Å²) in [6.07, 6.45) is 1.04. The van der Waals surface area contributed by atoms with Crippen molar-refractivity contribution < 1.29 is 14.0 Å². The number of hydrogen-bond acceptors (Lipinski definition) is 4. The van der Waals surface area contributed by atoms with E-state index >= 15 is 0 Å². The highest BCUT2D eigenvalue weighted by Crippen LogP contribution is 2.37. The van der Waals surface area contributed by atoms with Crippen molar-refractivity contribution in [2.75, 3.05) is 20.2 Å². The van der Waals surface area contributed by atoms with Crippen LogP contribution in [0.4, 0.5) is 0 Å². The Balaban J connectivity index is 1.97. The molecule has 1 fully saturated rings. The Morgan fingerprint density at radius 3 is 2.43 bits per heavy atom. The minimum atomic E-state index is -0.329.